The van der Waals surface area contributed by atoms with Crippen LogP contribution in [0.1, 0.15) is 42.2 Å². The standard InChI is InChI=1S/C20H22N2O5/c1-13(2)19(14-8-9-17-18(12-14)27-11-5-10-26-17)21-20(23)15-6-3-4-7-16(15)22(24)25/h3-4,6-9,12-13,19H,5,10-11H2,1-2H3,(H,21,23). The van der Waals surface area contributed by atoms with Crippen LogP contribution in [0.5, 0.6) is 11.5 Å². The molecule has 1 aliphatic heterocycles. The molecule has 0 aliphatic carbocycles. The van der Waals surface area contributed by atoms with E-state index in [-0.39, 0.29) is 23.2 Å². The first-order valence-corrected chi connectivity index (χ1v) is 8.91. The zero-order valence-corrected chi connectivity index (χ0v) is 15.3. The predicted molar refractivity (Wildman–Crippen MR) is 100 cm³/mol. The van der Waals surface area contributed by atoms with Gasteiger partial charge in [0.05, 0.1) is 24.2 Å². The number of nitro groups is 1. The highest BCUT2D eigenvalue weighted by molar-refractivity contribution is 5.98. The number of benzene rings is 2. The van der Waals surface area contributed by atoms with E-state index in [0.29, 0.717) is 24.7 Å². The third-order valence-corrected chi connectivity index (χ3v) is 4.43. The van der Waals surface area contributed by atoms with E-state index in [1.165, 1.54) is 12.1 Å². The molecule has 1 heterocycles. The normalized spacial score (nSPS) is 14.3. The fourth-order valence-corrected chi connectivity index (χ4v) is 3.05. The van der Waals surface area contributed by atoms with Gasteiger partial charge in [-0.05, 0) is 29.7 Å². The average molecular weight is 370 g/mol. The molecule has 1 aliphatic rings. The van der Waals surface area contributed by atoms with Gasteiger partial charge >= 0.3 is 0 Å². The summed E-state index contributed by atoms with van der Waals surface area (Å²) in [6.07, 6.45) is 0.812. The smallest absolute Gasteiger partial charge is 0.282 e. The van der Waals surface area contributed by atoms with E-state index in [1.54, 1.807) is 12.1 Å². The first kappa shape index (κ1) is 18.7. The molecule has 1 atom stereocenters. The number of nitrogens with zero attached hydrogens (tertiary/aromatic N) is 1. The molecule has 0 aromatic heterocycles. The zero-order valence-electron chi connectivity index (χ0n) is 15.3. The van der Waals surface area contributed by atoms with Crippen molar-refractivity contribution in [3.05, 3.63) is 63.7 Å². The van der Waals surface area contributed by atoms with Crippen LogP contribution < -0.4 is 14.8 Å². The van der Waals surface area contributed by atoms with Crippen molar-refractivity contribution in [2.75, 3.05) is 13.2 Å². The molecule has 0 bridgehead atoms. The summed E-state index contributed by atoms with van der Waals surface area (Å²) in [5.74, 6) is 0.925. The predicted octanol–water partition coefficient (Wildman–Crippen LogP) is 3.88. The van der Waals surface area contributed by atoms with Crippen molar-refractivity contribution in [3.63, 3.8) is 0 Å². The van der Waals surface area contributed by atoms with Gasteiger partial charge in [0.2, 0.25) is 0 Å². The molecule has 2 aromatic rings. The molecule has 0 saturated heterocycles. The second kappa shape index (κ2) is 8.07. The zero-order chi connectivity index (χ0) is 19.4. The molecule has 3 rings (SSSR count). The number of carbonyl (C=O) groups is 1. The SMILES string of the molecule is CC(C)C(NC(=O)c1ccccc1[N+](=O)[O-])c1ccc2c(c1)OCCCO2. The molecule has 7 heteroatoms. The summed E-state index contributed by atoms with van der Waals surface area (Å²) >= 11 is 0. The first-order chi connectivity index (χ1) is 13.0. The third-order valence-electron chi connectivity index (χ3n) is 4.43. The lowest BCUT2D eigenvalue weighted by Gasteiger charge is -2.24. The maximum Gasteiger partial charge on any atom is 0.282 e. The number of hydrogen-bond acceptors (Lipinski definition) is 5. The Balaban J connectivity index is 1.88. The molecule has 1 unspecified atom stereocenters. The molecule has 0 fully saturated rings. The van der Waals surface area contributed by atoms with E-state index in [1.807, 2.05) is 32.0 Å². The van der Waals surface area contributed by atoms with Crippen LogP contribution >= 0.6 is 0 Å². The van der Waals surface area contributed by atoms with E-state index in [9.17, 15) is 14.9 Å². The Labute approximate surface area is 157 Å². The molecule has 0 saturated carbocycles. The summed E-state index contributed by atoms with van der Waals surface area (Å²) in [5.41, 5.74) is 0.694. The number of amides is 1. The molecule has 2 aromatic carbocycles. The number of rotatable bonds is 5. The fourth-order valence-electron chi connectivity index (χ4n) is 3.05. The Hall–Kier alpha value is -3.09. The Morgan fingerprint density at radius 2 is 1.81 bits per heavy atom. The molecule has 0 radical (unpaired) electrons. The lowest BCUT2D eigenvalue weighted by Crippen LogP contribution is -2.32. The van der Waals surface area contributed by atoms with Crippen LogP contribution in [0.25, 0.3) is 0 Å². The van der Waals surface area contributed by atoms with Gasteiger partial charge in [-0.25, -0.2) is 0 Å². The molecule has 142 valence electrons. The van der Waals surface area contributed by atoms with Crippen LogP contribution in [0.3, 0.4) is 0 Å². The molecule has 1 N–H and O–H groups in total. The van der Waals surface area contributed by atoms with Gasteiger partial charge in [-0.1, -0.05) is 32.0 Å². The summed E-state index contributed by atoms with van der Waals surface area (Å²) in [6, 6.07) is 11.2. The molecule has 7 nitrogen and oxygen atoms in total. The highest BCUT2D eigenvalue weighted by Crippen LogP contribution is 2.34. The van der Waals surface area contributed by atoms with Crippen molar-refractivity contribution in [2.45, 2.75) is 26.3 Å². The largest absolute Gasteiger partial charge is 0.490 e. The molecular weight excluding hydrogens is 348 g/mol. The van der Waals surface area contributed by atoms with E-state index in [2.05, 4.69) is 5.32 Å². The molecular formula is C20H22N2O5. The fraction of sp³-hybridized carbons (Fsp3) is 0.350. The number of para-hydroxylation sites is 1. The monoisotopic (exact) mass is 370 g/mol. The van der Waals surface area contributed by atoms with Crippen LogP contribution in [-0.4, -0.2) is 24.0 Å². The number of hydrogen-bond donors (Lipinski definition) is 1. The van der Waals surface area contributed by atoms with Crippen LogP contribution in [0, 0.1) is 16.0 Å². The van der Waals surface area contributed by atoms with Crippen molar-refractivity contribution < 1.29 is 19.2 Å². The lowest BCUT2D eigenvalue weighted by molar-refractivity contribution is -0.385. The number of carbonyl (C=O) groups excluding carboxylic acids is 1. The lowest BCUT2D eigenvalue weighted by atomic mass is 9.95. The van der Waals surface area contributed by atoms with Gasteiger partial charge in [0, 0.05) is 12.5 Å². The van der Waals surface area contributed by atoms with Gasteiger partial charge in [-0.2, -0.15) is 0 Å². The molecule has 27 heavy (non-hydrogen) atoms. The summed E-state index contributed by atoms with van der Waals surface area (Å²) in [4.78, 5) is 23.4. The van der Waals surface area contributed by atoms with Crippen molar-refractivity contribution in [1.29, 1.82) is 0 Å². The van der Waals surface area contributed by atoms with Gasteiger partial charge in [0.1, 0.15) is 5.56 Å². The van der Waals surface area contributed by atoms with Crippen molar-refractivity contribution in [2.24, 2.45) is 5.92 Å². The average Bonchev–Trinajstić information content (AvgIpc) is 2.90. The van der Waals surface area contributed by atoms with Crippen molar-refractivity contribution >= 4 is 11.6 Å². The summed E-state index contributed by atoms with van der Waals surface area (Å²) in [7, 11) is 0. The number of fused-ring (bicyclic) bond motifs is 1. The van der Waals surface area contributed by atoms with Gasteiger partial charge in [-0.15, -0.1) is 0 Å². The number of nitro benzene ring substituents is 1. The minimum Gasteiger partial charge on any atom is -0.490 e. The maximum absolute atomic E-state index is 12.7. The van der Waals surface area contributed by atoms with Gasteiger partial charge < -0.3 is 14.8 Å². The number of ether oxygens (including phenoxy) is 2. The minimum absolute atomic E-state index is 0.0440. The Kier molecular flexibility index (Phi) is 5.59. The quantitative estimate of drug-likeness (QED) is 0.637. The van der Waals surface area contributed by atoms with E-state index in [0.717, 1.165) is 12.0 Å². The Morgan fingerprint density at radius 3 is 2.52 bits per heavy atom. The second-order valence-corrected chi connectivity index (χ2v) is 6.73. The van der Waals surface area contributed by atoms with Gasteiger partial charge in [-0.3, -0.25) is 14.9 Å². The second-order valence-electron chi connectivity index (χ2n) is 6.73. The van der Waals surface area contributed by atoms with Crippen LogP contribution in [0.4, 0.5) is 5.69 Å². The minimum atomic E-state index is -0.549. The maximum atomic E-state index is 12.7. The van der Waals surface area contributed by atoms with Crippen LogP contribution in [0.2, 0.25) is 0 Å². The summed E-state index contributed by atoms with van der Waals surface area (Å²) in [5, 5.41) is 14.1. The number of nitrogens with one attached hydrogen (secondary N) is 1. The topological polar surface area (TPSA) is 90.7 Å². The van der Waals surface area contributed by atoms with Gasteiger partial charge in [0.15, 0.2) is 11.5 Å². The van der Waals surface area contributed by atoms with E-state index >= 15 is 0 Å². The summed E-state index contributed by atoms with van der Waals surface area (Å²) in [6.45, 7) is 5.14. The van der Waals surface area contributed by atoms with E-state index < -0.39 is 10.8 Å². The summed E-state index contributed by atoms with van der Waals surface area (Å²) < 4.78 is 11.4. The highest BCUT2D eigenvalue weighted by atomic mass is 16.6. The van der Waals surface area contributed by atoms with Crippen molar-refractivity contribution in [3.8, 4) is 11.5 Å². The van der Waals surface area contributed by atoms with Crippen molar-refractivity contribution in [1.82, 2.24) is 5.32 Å². The third kappa shape index (κ3) is 4.19. The molecule has 0 spiro atoms. The van der Waals surface area contributed by atoms with Crippen LogP contribution in [-0.2, 0) is 0 Å². The highest BCUT2D eigenvalue weighted by Gasteiger charge is 2.25. The van der Waals surface area contributed by atoms with E-state index in [4.69, 9.17) is 9.47 Å². The van der Waals surface area contributed by atoms with Crippen LogP contribution in [0.15, 0.2) is 42.5 Å². The Morgan fingerprint density at radius 1 is 1.11 bits per heavy atom. The first-order valence-electron chi connectivity index (χ1n) is 8.91. The molecule has 1 amide bonds. The van der Waals surface area contributed by atoms with Gasteiger partial charge in [0.25, 0.3) is 11.6 Å². The Bertz CT molecular complexity index is 850.